The highest BCUT2D eigenvalue weighted by atomic mass is 32.1. The Balaban J connectivity index is 1.50. The third-order valence-electron chi connectivity index (χ3n) is 5.46. The van der Waals surface area contributed by atoms with E-state index in [0.717, 1.165) is 58.6 Å². The maximum absolute atomic E-state index is 13.4. The summed E-state index contributed by atoms with van der Waals surface area (Å²) in [5, 5.41) is 4.02. The number of nitrogens with zero attached hydrogens (tertiary/aromatic N) is 3. The lowest BCUT2D eigenvalue weighted by atomic mass is 9.93. The van der Waals surface area contributed by atoms with E-state index in [1.54, 1.807) is 10.9 Å². The number of aryl methyl sites for hydroxylation is 1. The van der Waals surface area contributed by atoms with E-state index in [9.17, 15) is 18.0 Å². The van der Waals surface area contributed by atoms with Gasteiger partial charge in [-0.2, -0.15) is 0 Å². The van der Waals surface area contributed by atoms with Gasteiger partial charge in [0, 0.05) is 30.6 Å². The van der Waals surface area contributed by atoms with Crippen LogP contribution in [0.2, 0.25) is 0 Å². The second-order valence-corrected chi connectivity index (χ2v) is 9.01. The first-order valence-corrected chi connectivity index (χ1v) is 10.7. The van der Waals surface area contributed by atoms with E-state index in [4.69, 9.17) is 0 Å². The van der Waals surface area contributed by atoms with Crippen LogP contribution in [-0.4, -0.2) is 41.1 Å². The second-order valence-electron chi connectivity index (χ2n) is 7.92. The number of hydrogen-bond acceptors (Lipinski definition) is 5. The predicted molar refractivity (Wildman–Crippen MR) is 111 cm³/mol. The Hall–Kier alpha value is -2.23. The molecule has 1 N–H and O–H groups in total. The highest BCUT2D eigenvalue weighted by Crippen LogP contribution is 2.33. The molecule has 0 amide bonds. The van der Waals surface area contributed by atoms with Gasteiger partial charge < -0.3 is 10.2 Å². The zero-order valence-electron chi connectivity index (χ0n) is 16.8. The lowest BCUT2D eigenvalue weighted by molar-refractivity contribution is 0.380. The van der Waals surface area contributed by atoms with Crippen molar-refractivity contribution in [3.63, 3.8) is 0 Å². The average Bonchev–Trinajstić information content (AvgIpc) is 3.08. The smallest absolute Gasteiger partial charge is 0.262 e. The Kier molecular flexibility index (Phi) is 5.95. The summed E-state index contributed by atoms with van der Waals surface area (Å²) in [5.41, 5.74) is 1.44. The fraction of sp³-hybridized carbons (Fsp3) is 0.429. The van der Waals surface area contributed by atoms with Gasteiger partial charge in [0.15, 0.2) is 17.5 Å². The van der Waals surface area contributed by atoms with Crippen molar-refractivity contribution in [2.75, 3.05) is 20.6 Å². The molecule has 1 aliphatic rings. The summed E-state index contributed by atoms with van der Waals surface area (Å²) in [6.45, 7) is 1.60. The number of nitrogens with one attached hydrogen (secondary N) is 1. The first-order valence-electron chi connectivity index (χ1n) is 9.84. The number of benzene rings is 1. The summed E-state index contributed by atoms with van der Waals surface area (Å²) >= 11 is 1.53. The number of likely N-dealkylation sites (N-methyl/N-ethyl adjacent to an activating group) is 1. The molecule has 1 aliphatic carbocycles. The topological polar surface area (TPSA) is 50.2 Å². The third kappa shape index (κ3) is 4.14. The Bertz CT molecular complexity index is 1120. The van der Waals surface area contributed by atoms with Crippen molar-refractivity contribution in [1.29, 1.82) is 0 Å². The second kappa shape index (κ2) is 8.49. The average molecular weight is 437 g/mol. The van der Waals surface area contributed by atoms with Crippen molar-refractivity contribution < 1.29 is 13.2 Å². The fourth-order valence-electron chi connectivity index (χ4n) is 3.81. The molecule has 3 aromatic rings. The summed E-state index contributed by atoms with van der Waals surface area (Å²) in [6.07, 6.45) is 3.88. The fourth-order valence-corrected chi connectivity index (χ4v) is 5.07. The van der Waals surface area contributed by atoms with Crippen LogP contribution >= 0.6 is 11.3 Å². The molecule has 4 rings (SSSR count). The van der Waals surface area contributed by atoms with Crippen molar-refractivity contribution in [3.05, 3.63) is 62.3 Å². The van der Waals surface area contributed by atoms with E-state index >= 15 is 0 Å². The molecule has 5 nitrogen and oxygen atoms in total. The number of rotatable bonds is 6. The molecule has 0 spiro atoms. The Labute approximate surface area is 176 Å². The van der Waals surface area contributed by atoms with Gasteiger partial charge in [0.2, 0.25) is 0 Å². The number of thiophene rings is 1. The van der Waals surface area contributed by atoms with Gasteiger partial charge >= 0.3 is 0 Å². The van der Waals surface area contributed by atoms with Crippen LogP contribution in [-0.2, 0) is 25.9 Å². The molecule has 1 unspecified atom stereocenters. The van der Waals surface area contributed by atoms with Crippen LogP contribution in [0.4, 0.5) is 13.2 Å². The van der Waals surface area contributed by atoms with Gasteiger partial charge in [-0.25, -0.2) is 18.2 Å². The van der Waals surface area contributed by atoms with Crippen LogP contribution in [0.1, 0.15) is 22.4 Å². The Morgan fingerprint density at radius 2 is 2.00 bits per heavy atom. The molecular formula is C21H23F3N4OS. The summed E-state index contributed by atoms with van der Waals surface area (Å²) in [7, 11) is 3.93. The molecule has 9 heteroatoms. The predicted octanol–water partition coefficient (Wildman–Crippen LogP) is 3.08. The first-order chi connectivity index (χ1) is 14.3. The zero-order valence-corrected chi connectivity index (χ0v) is 17.7. The van der Waals surface area contributed by atoms with Gasteiger partial charge in [-0.1, -0.05) is 0 Å². The van der Waals surface area contributed by atoms with E-state index in [0.29, 0.717) is 12.1 Å². The summed E-state index contributed by atoms with van der Waals surface area (Å²) < 4.78 is 41.6. The monoisotopic (exact) mass is 436 g/mol. The van der Waals surface area contributed by atoms with Gasteiger partial charge in [0.1, 0.15) is 4.83 Å². The molecule has 0 radical (unpaired) electrons. The van der Waals surface area contributed by atoms with Crippen LogP contribution in [0.15, 0.2) is 23.3 Å². The molecule has 0 aliphatic heterocycles. The van der Waals surface area contributed by atoms with Crippen molar-refractivity contribution >= 4 is 21.6 Å². The lowest BCUT2D eigenvalue weighted by Crippen LogP contribution is -2.34. The van der Waals surface area contributed by atoms with Gasteiger partial charge in [-0.3, -0.25) is 9.36 Å². The maximum atomic E-state index is 13.4. The Morgan fingerprint density at radius 3 is 2.70 bits per heavy atom. The Morgan fingerprint density at radius 1 is 1.27 bits per heavy atom. The van der Waals surface area contributed by atoms with Crippen molar-refractivity contribution in [1.82, 2.24) is 19.8 Å². The standard InChI is InChI=1S/C21H23F3N4OS/c1-27(2)5-6-28-11-26-20-18(21(28)29)14-4-3-13(9-17(14)30-20)25-10-12-7-15(22)19(24)16(23)8-12/h7-8,11,13,25H,3-6,9-10H2,1-2H3. The van der Waals surface area contributed by atoms with Crippen molar-refractivity contribution in [3.8, 4) is 0 Å². The molecule has 2 heterocycles. The summed E-state index contributed by atoms with van der Waals surface area (Å²) in [5.74, 6) is -3.81. The molecular weight excluding hydrogens is 413 g/mol. The van der Waals surface area contributed by atoms with Gasteiger partial charge in [0.25, 0.3) is 5.56 Å². The molecule has 1 atom stereocenters. The highest BCUT2D eigenvalue weighted by Gasteiger charge is 2.25. The van der Waals surface area contributed by atoms with Crippen LogP contribution in [0.5, 0.6) is 0 Å². The molecule has 0 saturated carbocycles. The van der Waals surface area contributed by atoms with Crippen LogP contribution in [0, 0.1) is 17.5 Å². The van der Waals surface area contributed by atoms with Gasteiger partial charge in [-0.15, -0.1) is 11.3 Å². The highest BCUT2D eigenvalue weighted by molar-refractivity contribution is 7.18. The van der Waals surface area contributed by atoms with Crippen molar-refractivity contribution in [2.45, 2.75) is 38.4 Å². The summed E-state index contributed by atoms with van der Waals surface area (Å²) in [4.78, 5) is 21.4. The zero-order chi connectivity index (χ0) is 21.4. The van der Waals surface area contributed by atoms with E-state index in [1.807, 2.05) is 19.0 Å². The van der Waals surface area contributed by atoms with Crippen LogP contribution in [0.3, 0.4) is 0 Å². The molecule has 0 bridgehead atoms. The summed E-state index contributed by atoms with van der Waals surface area (Å²) in [6, 6.07) is 2.14. The maximum Gasteiger partial charge on any atom is 0.262 e. The van der Waals surface area contributed by atoms with Gasteiger partial charge in [-0.05, 0) is 56.6 Å². The number of fused-ring (bicyclic) bond motifs is 3. The molecule has 1 aromatic carbocycles. The first kappa shape index (κ1) is 21.0. The molecule has 2 aromatic heterocycles. The minimum atomic E-state index is -1.45. The normalized spacial score (nSPS) is 16.4. The van der Waals surface area contributed by atoms with Crippen LogP contribution < -0.4 is 10.9 Å². The quantitative estimate of drug-likeness (QED) is 0.604. The lowest BCUT2D eigenvalue weighted by Gasteiger charge is -2.23. The molecule has 160 valence electrons. The molecule has 0 saturated heterocycles. The van der Waals surface area contributed by atoms with E-state index in [1.165, 1.54) is 11.3 Å². The number of halogens is 3. The minimum absolute atomic E-state index is 0.00280. The van der Waals surface area contributed by atoms with E-state index in [2.05, 4.69) is 10.3 Å². The van der Waals surface area contributed by atoms with Crippen molar-refractivity contribution in [2.24, 2.45) is 0 Å². The van der Waals surface area contributed by atoms with Gasteiger partial charge in [0.05, 0.1) is 11.7 Å². The van der Waals surface area contributed by atoms with Crippen LogP contribution in [0.25, 0.3) is 10.2 Å². The largest absolute Gasteiger partial charge is 0.310 e. The molecule has 30 heavy (non-hydrogen) atoms. The van der Waals surface area contributed by atoms with E-state index in [-0.39, 0.29) is 18.1 Å². The minimum Gasteiger partial charge on any atom is -0.310 e. The number of aromatic nitrogens is 2. The SMILES string of the molecule is CN(C)CCn1cnc2sc3c(c2c1=O)CCC(NCc1cc(F)c(F)c(F)c1)C3. The number of hydrogen-bond donors (Lipinski definition) is 1. The van der Waals surface area contributed by atoms with E-state index < -0.39 is 17.5 Å². The molecule has 0 fully saturated rings. The third-order valence-corrected chi connectivity index (χ3v) is 6.62.